The molecule has 20 heavy (non-hydrogen) atoms. The molecule has 1 aromatic rings. The molecule has 1 N–H and O–H groups in total. The van der Waals surface area contributed by atoms with Crippen molar-refractivity contribution in [1.29, 1.82) is 0 Å². The van der Waals surface area contributed by atoms with Gasteiger partial charge in [-0.05, 0) is 36.3 Å². The topological polar surface area (TPSA) is 28.2 Å². The van der Waals surface area contributed by atoms with Gasteiger partial charge in [0.25, 0.3) is 0 Å². The van der Waals surface area contributed by atoms with Gasteiger partial charge in [-0.25, -0.2) is 4.98 Å². The molecule has 0 amide bonds. The molecule has 3 heteroatoms. The van der Waals surface area contributed by atoms with Crippen LogP contribution in [0.3, 0.4) is 0 Å². The van der Waals surface area contributed by atoms with E-state index < -0.39 is 0 Å². The fourth-order valence-corrected chi connectivity index (χ4v) is 2.83. The first kappa shape index (κ1) is 15.3. The van der Waals surface area contributed by atoms with Crippen molar-refractivity contribution in [3.05, 3.63) is 23.9 Å². The van der Waals surface area contributed by atoms with E-state index in [4.69, 9.17) is 0 Å². The van der Waals surface area contributed by atoms with Crippen LogP contribution in [-0.4, -0.2) is 24.1 Å². The first-order chi connectivity index (χ1) is 9.56. The molecule has 0 bridgehead atoms. The maximum absolute atomic E-state index is 4.64. The summed E-state index contributed by atoms with van der Waals surface area (Å²) < 4.78 is 0. The van der Waals surface area contributed by atoms with Gasteiger partial charge in [0.2, 0.25) is 0 Å². The fraction of sp³-hybridized carbons (Fsp3) is 0.706. The Morgan fingerprint density at radius 2 is 1.90 bits per heavy atom. The van der Waals surface area contributed by atoms with E-state index in [1.54, 1.807) is 0 Å². The first-order valence-corrected chi connectivity index (χ1v) is 7.99. The molecular weight excluding hydrogens is 246 g/mol. The van der Waals surface area contributed by atoms with Gasteiger partial charge < -0.3 is 10.2 Å². The third kappa shape index (κ3) is 4.20. The summed E-state index contributed by atoms with van der Waals surface area (Å²) in [7, 11) is 0. The van der Waals surface area contributed by atoms with E-state index in [9.17, 15) is 0 Å². The molecule has 112 valence electrons. The highest BCUT2D eigenvalue weighted by Gasteiger charge is 2.22. The molecule has 3 nitrogen and oxygen atoms in total. The molecule has 0 atom stereocenters. The minimum absolute atomic E-state index is 0.518. The van der Waals surface area contributed by atoms with Gasteiger partial charge in [-0.3, -0.25) is 0 Å². The number of hydrogen-bond acceptors (Lipinski definition) is 3. The van der Waals surface area contributed by atoms with E-state index in [-0.39, 0.29) is 0 Å². The molecule has 1 fully saturated rings. The molecule has 1 aliphatic heterocycles. The number of piperidine rings is 1. The van der Waals surface area contributed by atoms with Gasteiger partial charge in [0.1, 0.15) is 5.82 Å². The predicted octanol–water partition coefficient (Wildman–Crippen LogP) is 3.45. The zero-order valence-corrected chi connectivity index (χ0v) is 13.4. The number of rotatable bonds is 5. The van der Waals surface area contributed by atoms with Gasteiger partial charge in [0.05, 0.1) is 0 Å². The van der Waals surface area contributed by atoms with Gasteiger partial charge >= 0.3 is 0 Å². The van der Waals surface area contributed by atoms with Crippen molar-refractivity contribution in [2.24, 2.45) is 11.8 Å². The fourth-order valence-electron chi connectivity index (χ4n) is 2.83. The Hall–Kier alpha value is -1.09. The van der Waals surface area contributed by atoms with Crippen LogP contribution in [0.1, 0.15) is 46.1 Å². The Balaban J connectivity index is 1.87. The number of nitrogens with one attached hydrogen (secondary N) is 1. The lowest BCUT2D eigenvalue weighted by atomic mass is 9.87. The number of hydrogen-bond donors (Lipinski definition) is 1. The lowest BCUT2D eigenvalue weighted by molar-refractivity contribution is 0.310. The third-order valence-electron chi connectivity index (χ3n) is 4.33. The SMILES string of the molecule is CC(C)NCc1ccc(N2CCC(C(C)C)CC2)nc1. The van der Waals surface area contributed by atoms with Crippen LogP contribution in [0.15, 0.2) is 18.3 Å². The summed E-state index contributed by atoms with van der Waals surface area (Å²) >= 11 is 0. The standard InChI is InChI=1S/C17H29N3/c1-13(2)16-7-9-20(10-8-16)17-6-5-15(12-19-17)11-18-14(3)4/h5-6,12-14,16,18H,7-11H2,1-4H3. The van der Waals surface area contributed by atoms with Gasteiger partial charge in [0.15, 0.2) is 0 Å². The summed E-state index contributed by atoms with van der Waals surface area (Å²) in [4.78, 5) is 7.07. The second-order valence-electron chi connectivity index (χ2n) is 6.63. The van der Waals surface area contributed by atoms with Crippen LogP contribution in [0.4, 0.5) is 5.82 Å². The minimum atomic E-state index is 0.518. The Labute approximate surface area is 123 Å². The van der Waals surface area contributed by atoms with Crippen LogP contribution >= 0.6 is 0 Å². The van der Waals surface area contributed by atoms with Crippen LogP contribution < -0.4 is 10.2 Å². The maximum atomic E-state index is 4.64. The van der Waals surface area contributed by atoms with E-state index in [1.165, 1.54) is 18.4 Å². The molecule has 1 aromatic heterocycles. The molecule has 2 heterocycles. The molecule has 1 saturated heterocycles. The van der Waals surface area contributed by atoms with Crippen molar-refractivity contribution < 1.29 is 0 Å². The summed E-state index contributed by atoms with van der Waals surface area (Å²) in [5.74, 6) is 2.84. The van der Waals surface area contributed by atoms with Crippen LogP contribution in [0.2, 0.25) is 0 Å². The third-order valence-corrected chi connectivity index (χ3v) is 4.33. The molecular formula is C17H29N3. The zero-order valence-electron chi connectivity index (χ0n) is 13.4. The Morgan fingerprint density at radius 3 is 2.40 bits per heavy atom. The van der Waals surface area contributed by atoms with Crippen LogP contribution in [0.5, 0.6) is 0 Å². The summed E-state index contributed by atoms with van der Waals surface area (Å²) in [6.45, 7) is 12.2. The minimum Gasteiger partial charge on any atom is -0.357 e. The normalized spacial score (nSPS) is 17.2. The highest BCUT2D eigenvalue weighted by Crippen LogP contribution is 2.26. The molecule has 2 rings (SSSR count). The van der Waals surface area contributed by atoms with E-state index in [0.29, 0.717) is 6.04 Å². The maximum Gasteiger partial charge on any atom is 0.128 e. The van der Waals surface area contributed by atoms with Crippen LogP contribution in [0, 0.1) is 11.8 Å². The summed E-state index contributed by atoms with van der Waals surface area (Å²) in [5, 5.41) is 3.43. The molecule has 0 aromatic carbocycles. The van der Waals surface area contributed by atoms with E-state index >= 15 is 0 Å². The van der Waals surface area contributed by atoms with E-state index in [1.807, 2.05) is 6.20 Å². The first-order valence-electron chi connectivity index (χ1n) is 7.99. The van der Waals surface area contributed by atoms with E-state index in [2.05, 4.69) is 55.0 Å². The lowest BCUT2D eigenvalue weighted by Gasteiger charge is -2.34. The average molecular weight is 275 g/mol. The summed E-state index contributed by atoms with van der Waals surface area (Å²) in [6.07, 6.45) is 4.62. The summed E-state index contributed by atoms with van der Waals surface area (Å²) in [5.41, 5.74) is 1.26. The molecule has 0 radical (unpaired) electrons. The smallest absolute Gasteiger partial charge is 0.128 e. The number of pyridine rings is 1. The monoisotopic (exact) mass is 275 g/mol. The van der Waals surface area contributed by atoms with Crippen molar-refractivity contribution in [1.82, 2.24) is 10.3 Å². The zero-order chi connectivity index (χ0) is 14.5. The highest BCUT2D eigenvalue weighted by atomic mass is 15.2. The van der Waals surface area contributed by atoms with Gasteiger partial charge in [-0.15, -0.1) is 0 Å². The average Bonchev–Trinajstić information content (AvgIpc) is 2.46. The van der Waals surface area contributed by atoms with Crippen molar-refractivity contribution in [2.75, 3.05) is 18.0 Å². The second-order valence-corrected chi connectivity index (χ2v) is 6.63. The predicted molar refractivity (Wildman–Crippen MR) is 86.0 cm³/mol. The number of anilines is 1. The molecule has 0 saturated carbocycles. The van der Waals surface area contributed by atoms with Gasteiger partial charge in [-0.1, -0.05) is 33.8 Å². The Kier molecular flexibility index (Phi) is 5.41. The molecule has 0 unspecified atom stereocenters. The number of nitrogens with zero attached hydrogens (tertiary/aromatic N) is 2. The lowest BCUT2D eigenvalue weighted by Crippen LogP contribution is -2.35. The highest BCUT2D eigenvalue weighted by molar-refractivity contribution is 5.39. The quantitative estimate of drug-likeness (QED) is 0.892. The number of aromatic nitrogens is 1. The van der Waals surface area contributed by atoms with Crippen molar-refractivity contribution in [3.63, 3.8) is 0 Å². The van der Waals surface area contributed by atoms with Crippen molar-refractivity contribution in [3.8, 4) is 0 Å². The Bertz CT molecular complexity index is 389. The summed E-state index contributed by atoms with van der Waals surface area (Å²) in [6, 6.07) is 4.89. The largest absolute Gasteiger partial charge is 0.357 e. The van der Waals surface area contributed by atoms with Gasteiger partial charge in [0, 0.05) is 31.9 Å². The van der Waals surface area contributed by atoms with Gasteiger partial charge in [-0.2, -0.15) is 0 Å². The second kappa shape index (κ2) is 7.07. The van der Waals surface area contributed by atoms with Crippen LogP contribution in [0.25, 0.3) is 0 Å². The van der Waals surface area contributed by atoms with E-state index in [0.717, 1.165) is 37.3 Å². The van der Waals surface area contributed by atoms with Crippen molar-refractivity contribution >= 4 is 5.82 Å². The molecule has 1 aliphatic rings. The molecule has 0 spiro atoms. The Morgan fingerprint density at radius 1 is 1.20 bits per heavy atom. The van der Waals surface area contributed by atoms with Crippen LogP contribution in [-0.2, 0) is 6.54 Å². The van der Waals surface area contributed by atoms with Crippen molar-refractivity contribution in [2.45, 2.75) is 53.1 Å². The molecule has 0 aliphatic carbocycles.